The third-order valence-electron chi connectivity index (χ3n) is 4.27. The van der Waals surface area contributed by atoms with Crippen molar-refractivity contribution >= 4 is 0 Å². The number of allylic oxidation sites excluding steroid dienone is 1. The molecule has 0 spiro atoms. The second-order valence-corrected chi connectivity index (χ2v) is 6.26. The highest BCUT2D eigenvalue weighted by Gasteiger charge is 2.18. The molecule has 0 unspecified atom stereocenters. The van der Waals surface area contributed by atoms with Gasteiger partial charge in [-0.25, -0.2) is 9.97 Å². The van der Waals surface area contributed by atoms with E-state index in [2.05, 4.69) is 27.5 Å². The minimum Gasteiger partial charge on any atom is -0.473 e. The minimum absolute atomic E-state index is 0.114. The lowest BCUT2D eigenvalue weighted by molar-refractivity contribution is 0.0174. The number of imidazole rings is 1. The first-order valence-electron chi connectivity index (χ1n) is 8.82. The van der Waals surface area contributed by atoms with Crippen LogP contribution in [0.3, 0.4) is 0 Å². The van der Waals surface area contributed by atoms with Gasteiger partial charge in [0.05, 0.1) is 26.1 Å². The summed E-state index contributed by atoms with van der Waals surface area (Å²) in [5, 5.41) is 0. The molecule has 6 nitrogen and oxygen atoms in total. The van der Waals surface area contributed by atoms with Crippen molar-refractivity contribution in [3.63, 3.8) is 0 Å². The lowest BCUT2D eigenvalue weighted by Crippen LogP contribution is -2.42. The Kier molecular flexibility index (Phi) is 6.59. The average Bonchev–Trinajstić information content (AvgIpc) is 3.15. The average molecular weight is 342 g/mol. The number of hydrogen-bond acceptors (Lipinski definition) is 5. The molecule has 0 saturated carbocycles. The SMILES string of the molecule is C=CCC[C@@H](CN1CCOCC1)Oc1ccc(Cn2ccnc2)cn1. The zero-order valence-corrected chi connectivity index (χ0v) is 14.6. The number of rotatable bonds is 9. The first-order valence-corrected chi connectivity index (χ1v) is 8.82. The quantitative estimate of drug-likeness (QED) is 0.655. The summed E-state index contributed by atoms with van der Waals surface area (Å²) in [4.78, 5) is 10.9. The summed E-state index contributed by atoms with van der Waals surface area (Å²) in [6, 6.07) is 4.01. The van der Waals surface area contributed by atoms with Gasteiger partial charge in [0.2, 0.25) is 5.88 Å². The molecule has 134 valence electrons. The summed E-state index contributed by atoms with van der Waals surface area (Å²) in [5.41, 5.74) is 1.13. The molecule has 1 aliphatic rings. The highest BCUT2D eigenvalue weighted by atomic mass is 16.5. The Morgan fingerprint density at radius 2 is 2.20 bits per heavy atom. The summed E-state index contributed by atoms with van der Waals surface area (Å²) < 4.78 is 13.6. The fourth-order valence-corrected chi connectivity index (χ4v) is 2.90. The van der Waals surface area contributed by atoms with E-state index in [-0.39, 0.29) is 6.10 Å². The Balaban J connectivity index is 1.56. The number of morpholine rings is 1. The second kappa shape index (κ2) is 9.34. The first kappa shape index (κ1) is 17.6. The molecule has 0 aliphatic carbocycles. The van der Waals surface area contributed by atoms with Crippen molar-refractivity contribution in [2.24, 2.45) is 0 Å². The smallest absolute Gasteiger partial charge is 0.213 e. The molecule has 0 bridgehead atoms. The minimum atomic E-state index is 0.114. The highest BCUT2D eigenvalue weighted by Crippen LogP contribution is 2.15. The van der Waals surface area contributed by atoms with Crippen LogP contribution in [-0.2, 0) is 11.3 Å². The van der Waals surface area contributed by atoms with Crippen LogP contribution in [0.1, 0.15) is 18.4 Å². The predicted octanol–water partition coefficient (Wildman–Crippen LogP) is 2.37. The number of nitrogens with zero attached hydrogens (tertiary/aromatic N) is 4. The molecule has 0 amide bonds. The number of ether oxygens (including phenoxy) is 2. The van der Waals surface area contributed by atoms with E-state index in [1.165, 1.54) is 0 Å². The van der Waals surface area contributed by atoms with Gasteiger partial charge in [0.15, 0.2) is 0 Å². The number of hydrogen-bond donors (Lipinski definition) is 0. The van der Waals surface area contributed by atoms with E-state index < -0.39 is 0 Å². The molecular weight excluding hydrogens is 316 g/mol. The van der Waals surface area contributed by atoms with Crippen molar-refractivity contribution in [1.82, 2.24) is 19.4 Å². The van der Waals surface area contributed by atoms with Gasteiger partial charge < -0.3 is 14.0 Å². The van der Waals surface area contributed by atoms with Gasteiger partial charge in [-0.15, -0.1) is 6.58 Å². The Labute approximate surface area is 149 Å². The lowest BCUT2D eigenvalue weighted by Gasteiger charge is -2.30. The Morgan fingerprint density at radius 3 is 2.88 bits per heavy atom. The lowest BCUT2D eigenvalue weighted by atomic mass is 10.1. The summed E-state index contributed by atoms with van der Waals surface area (Å²) >= 11 is 0. The second-order valence-electron chi connectivity index (χ2n) is 6.26. The van der Waals surface area contributed by atoms with Gasteiger partial charge >= 0.3 is 0 Å². The summed E-state index contributed by atoms with van der Waals surface area (Å²) in [7, 11) is 0. The van der Waals surface area contributed by atoms with Crippen LogP contribution >= 0.6 is 0 Å². The van der Waals surface area contributed by atoms with Gasteiger partial charge in [-0.2, -0.15) is 0 Å². The van der Waals surface area contributed by atoms with Crippen LogP contribution in [0.5, 0.6) is 5.88 Å². The fraction of sp³-hybridized carbons (Fsp3) is 0.474. The van der Waals surface area contributed by atoms with E-state index in [0.717, 1.165) is 57.8 Å². The monoisotopic (exact) mass is 342 g/mol. The van der Waals surface area contributed by atoms with Crippen LogP contribution in [0.25, 0.3) is 0 Å². The van der Waals surface area contributed by atoms with Crippen molar-refractivity contribution in [3.8, 4) is 5.88 Å². The van der Waals surface area contributed by atoms with Crippen LogP contribution in [-0.4, -0.2) is 58.4 Å². The largest absolute Gasteiger partial charge is 0.473 e. The summed E-state index contributed by atoms with van der Waals surface area (Å²) in [5.74, 6) is 0.678. The van der Waals surface area contributed by atoms with Crippen LogP contribution in [0.2, 0.25) is 0 Å². The van der Waals surface area contributed by atoms with E-state index in [1.807, 2.05) is 29.1 Å². The molecule has 1 atom stereocenters. The van der Waals surface area contributed by atoms with E-state index >= 15 is 0 Å². The van der Waals surface area contributed by atoms with Crippen LogP contribution < -0.4 is 4.74 Å². The van der Waals surface area contributed by atoms with Crippen molar-refractivity contribution in [2.45, 2.75) is 25.5 Å². The maximum Gasteiger partial charge on any atom is 0.213 e. The van der Waals surface area contributed by atoms with Crippen molar-refractivity contribution < 1.29 is 9.47 Å². The van der Waals surface area contributed by atoms with E-state index in [1.54, 1.807) is 12.5 Å². The van der Waals surface area contributed by atoms with Gasteiger partial charge in [0.25, 0.3) is 0 Å². The van der Waals surface area contributed by atoms with Gasteiger partial charge in [0.1, 0.15) is 6.10 Å². The summed E-state index contributed by atoms with van der Waals surface area (Å²) in [6.07, 6.45) is 11.3. The number of aromatic nitrogens is 3. The Bertz CT molecular complexity index is 621. The van der Waals surface area contributed by atoms with Gasteiger partial charge in [-0.05, 0) is 18.4 Å². The molecular formula is C19H26N4O2. The molecule has 6 heteroatoms. The van der Waals surface area contributed by atoms with Crippen molar-refractivity contribution in [3.05, 3.63) is 55.3 Å². The molecule has 2 aromatic rings. The molecule has 0 N–H and O–H groups in total. The Morgan fingerprint density at radius 1 is 1.32 bits per heavy atom. The molecule has 3 heterocycles. The normalized spacial score (nSPS) is 16.5. The van der Waals surface area contributed by atoms with Gasteiger partial charge in [0, 0.05) is 44.3 Å². The molecule has 3 rings (SSSR count). The van der Waals surface area contributed by atoms with Crippen molar-refractivity contribution in [2.75, 3.05) is 32.8 Å². The van der Waals surface area contributed by atoms with Gasteiger partial charge in [-0.1, -0.05) is 12.1 Å². The molecule has 1 aliphatic heterocycles. The standard InChI is InChI=1S/C19H26N4O2/c1-2-3-4-18(15-22-9-11-24-12-10-22)25-19-6-5-17(13-21-19)14-23-8-7-20-16-23/h2,5-8,13,16,18H,1,3-4,9-12,14-15H2/t18-/m0/s1. The predicted molar refractivity (Wildman–Crippen MR) is 96.7 cm³/mol. The summed E-state index contributed by atoms with van der Waals surface area (Å²) in [6.45, 7) is 9.01. The molecule has 0 radical (unpaired) electrons. The van der Waals surface area contributed by atoms with E-state index in [0.29, 0.717) is 5.88 Å². The fourth-order valence-electron chi connectivity index (χ4n) is 2.90. The third kappa shape index (κ3) is 5.69. The third-order valence-corrected chi connectivity index (χ3v) is 4.27. The maximum absolute atomic E-state index is 6.15. The molecule has 0 aromatic carbocycles. The molecule has 2 aromatic heterocycles. The van der Waals surface area contributed by atoms with Gasteiger partial charge in [-0.3, -0.25) is 4.90 Å². The topological polar surface area (TPSA) is 52.4 Å². The van der Waals surface area contributed by atoms with E-state index in [4.69, 9.17) is 9.47 Å². The zero-order chi connectivity index (χ0) is 17.3. The zero-order valence-electron chi connectivity index (χ0n) is 14.6. The van der Waals surface area contributed by atoms with Crippen molar-refractivity contribution in [1.29, 1.82) is 0 Å². The van der Waals surface area contributed by atoms with Crippen LogP contribution in [0, 0.1) is 0 Å². The highest BCUT2D eigenvalue weighted by molar-refractivity contribution is 5.18. The van der Waals surface area contributed by atoms with Crippen LogP contribution in [0.4, 0.5) is 0 Å². The number of pyridine rings is 1. The molecule has 1 fully saturated rings. The van der Waals surface area contributed by atoms with Crippen LogP contribution in [0.15, 0.2) is 49.7 Å². The maximum atomic E-state index is 6.15. The molecule has 25 heavy (non-hydrogen) atoms. The Hall–Kier alpha value is -2.18. The first-order chi connectivity index (χ1) is 12.3. The van der Waals surface area contributed by atoms with E-state index in [9.17, 15) is 0 Å². The molecule has 1 saturated heterocycles.